The summed E-state index contributed by atoms with van der Waals surface area (Å²) in [4.78, 5) is 40.7. The minimum atomic E-state index is -1.08. The number of amides is 3. The maximum absolute atomic E-state index is 13.3. The van der Waals surface area contributed by atoms with Gasteiger partial charge in [0, 0.05) is 25.7 Å². The third-order valence-electron chi connectivity index (χ3n) is 7.10. The summed E-state index contributed by atoms with van der Waals surface area (Å²) in [6.45, 7) is 4.79. The van der Waals surface area contributed by atoms with Crippen molar-refractivity contribution in [1.29, 1.82) is 0 Å². The Bertz CT molecular complexity index is 1070. The zero-order chi connectivity index (χ0) is 25.0. The lowest BCUT2D eigenvalue weighted by Gasteiger charge is -2.41. The lowest BCUT2D eigenvalue weighted by Crippen LogP contribution is -2.63. The molecule has 2 N–H and O–H groups in total. The number of carbonyl (C=O) groups is 3. The number of aromatic nitrogens is 2. The number of hydrogen-bond donors (Lipinski definition) is 2. The van der Waals surface area contributed by atoms with Gasteiger partial charge in [-0.05, 0) is 44.4 Å². The molecule has 2 aromatic rings. The fourth-order valence-corrected chi connectivity index (χ4v) is 4.75. The van der Waals surface area contributed by atoms with Crippen molar-refractivity contribution < 1.29 is 19.1 Å². The van der Waals surface area contributed by atoms with Gasteiger partial charge >= 0.3 is 0 Å². The summed E-state index contributed by atoms with van der Waals surface area (Å²) >= 11 is 0. The number of likely N-dealkylation sites (N-methyl/N-ethyl adjacent to an activating group) is 1. The first-order valence-corrected chi connectivity index (χ1v) is 12.5. The molecule has 2 heterocycles. The van der Waals surface area contributed by atoms with Gasteiger partial charge in [-0.25, -0.2) is 0 Å². The number of rotatable bonds is 7. The standard InChI is InChI=1S/C26H35N5O4/c1-4-35-20-13-11-18(12-14-20)16-27-23(32)21-15-22-24(33)30(3)26(2,17-31(22)29-21)25(34)28-19-9-7-5-6-8-10-19/h11-15,19H,4-10,16-17H2,1-3H3,(H,27,32)(H,28,34). The number of nitrogens with zero attached hydrogens (tertiary/aromatic N) is 3. The van der Waals surface area contributed by atoms with Crippen molar-refractivity contribution in [3.8, 4) is 5.75 Å². The molecule has 0 spiro atoms. The molecule has 9 nitrogen and oxygen atoms in total. The van der Waals surface area contributed by atoms with E-state index in [0.717, 1.165) is 37.0 Å². The van der Waals surface area contributed by atoms with Crippen molar-refractivity contribution in [2.24, 2.45) is 0 Å². The Morgan fingerprint density at radius 3 is 2.49 bits per heavy atom. The van der Waals surface area contributed by atoms with Gasteiger partial charge in [0.05, 0.1) is 13.2 Å². The Kier molecular flexibility index (Phi) is 7.42. The van der Waals surface area contributed by atoms with Crippen LogP contribution in [-0.4, -0.2) is 57.6 Å². The van der Waals surface area contributed by atoms with Crippen molar-refractivity contribution in [3.63, 3.8) is 0 Å². The molecule has 1 aromatic heterocycles. The Labute approximate surface area is 206 Å². The molecule has 4 rings (SSSR count). The van der Waals surface area contributed by atoms with Crippen LogP contribution < -0.4 is 15.4 Å². The highest BCUT2D eigenvalue weighted by Gasteiger charge is 2.46. The molecule has 35 heavy (non-hydrogen) atoms. The molecule has 1 atom stereocenters. The normalized spacial score (nSPS) is 20.7. The maximum Gasteiger partial charge on any atom is 0.272 e. The number of carbonyl (C=O) groups excluding carboxylic acids is 3. The maximum atomic E-state index is 13.3. The summed E-state index contributed by atoms with van der Waals surface area (Å²) in [6, 6.07) is 9.12. The quantitative estimate of drug-likeness (QED) is 0.592. The van der Waals surface area contributed by atoms with Crippen molar-refractivity contribution in [2.45, 2.75) is 77.0 Å². The summed E-state index contributed by atoms with van der Waals surface area (Å²) in [6.07, 6.45) is 6.53. The minimum Gasteiger partial charge on any atom is -0.494 e. The van der Waals surface area contributed by atoms with Crippen molar-refractivity contribution in [1.82, 2.24) is 25.3 Å². The molecule has 1 saturated carbocycles. The van der Waals surface area contributed by atoms with Crippen LogP contribution in [0, 0.1) is 0 Å². The number of fused-ring (bicyclic) bond motifs is 1. The fourth-order valence-electron chi connectivity index (χ4n) is 4.75. The van der Waals surface area contributed by atoms with Gasteiger partial charge in [0.1, 0.15) is 17.0 Å². The van der Waals surface area contributed by atoms with Gasteiger partial charge in [0.15, 0.2) is 5.69 Å². The second-order valence-corrected chi connectivity index (χ2v) is 9.63. The Balaban J connectivity index is 1.43. The summed E-state index contributed by atoms with van der Waals surface area (Å²) in [7, 11) is 1.64. The van der Waals surface area contributed by atoms with Crippen LogP contribution in [0.2, 0.25) is 0 Å². The predicted octanol–water partition coefficient (Wildman–Crippen LogP) is 2.90. The van der Waals surface area contributed by atoms with E-state index in [0.29, 0.717) is 18.8 Å². The van der Waals surface area contributed by atoms with Gasteiger partial charge < -0.3 is 20.3 Å². The molecule has 1 fully saturated rings. The average Bonchev–Trinajstić information content (AvgIpc) is 3.10. The molecule has 3 amide bonds. The molecule has 1 aromatic carbocycles. The summed E-state index contributed by atoms with van der Waals surface area (Å²) < 4.78 is 6.93. The SMILES string of the molecule is CCOc1ccc(CNC(=O)c2cc3n(n2)CC(C)(C(=O)NC2CCCCCC2)N(C)C3=O)cc1. The summed E-state index contributed by atoms with van der Waals surface area (Å²) in [5.74, 6) is -0.102. The number of hydrogen-bond acceptors (Lipinski definition) is 5. The highest BCUT2D eigenvalue weighted by atomic mass is 16.5. The third-order valence-corrected chi connectivity index (χ3v) is 7.10. The van der Waals surface area contributed by atoms with E-state index in [2.05, 4.69) is 15.7 Å². The van der Waals surface area contributed by atoms with Gasteiger partial charge in [0.25, 0.3) is 11.8 Å². The number of nitrogens with one attached hydrogen (secondary N) is 2. The van der Waals surface area contributed by atoms with Crippen LogP contribution in [0.1, 0.15) is 78.9 Å². The molecule has 0 radical (unpaired) electrons. The zero-order valence-electron chi connectivity index (χ0n) is 20.8. The molecule has 1 unspecified atom stereocenters. The Hall–Kier alpha value is -3.36. The first-order chi connectivity index (χ1) is 16.8. The zero-order valence-corrected chi connectivity index (χ0v) is 20.8. The topological polar surface area (TPSA) is 106 Å². The molecule has 188 valence electrons. The van der Waals surface area contributed by atoms with Crippen LogP contribution in [-0.2, 0) is 17.9 Å². The van der Waals surface area contributed by atoms with Gasteiger partial charge in [0.2, 0.25) is 5.91 Å². The largest absolute Gasteiger partial charge is 0.494 e. The van der Waals surface area contributed by atoms with Gasteiger partial charge in [-0.3, -0.25) is 19.1 Å². The molecule has 0 bridgehead atoms. The number of ether oxygens (including phenoxy) is 1. The van der Waals surface area contributed by atoms with E-state index < -0.39 is 5.54 Å². The van der Waals surface area contributed by atoms with E-state index in [-0.39, 0.29) is 36.0 Å². The van der Waals surface area contributed by atoms with Crippen LogP contribution in [0.5, 0.6) is 5.75 Å². The molecule has 9 heteroatoms. The monoisotopic (exact) mass is 481 g/mol. The first-order valence-electron chi connectivity index (χ1n) is 12.5. The second-order valence-electron chi connectivity index (χ2n) is 9.63. The van der Waals surface area contributed by atoms with Crippen molar-refractivity contribution in [3.05, 3.63) is 47.3 Å². The van der Waals surface area contributed by atoms with Crippen LogP contribution in [0.25, 0.3) is 0 Å². The van der Waals surface area contributed by atoms with E-state index in [4.69, 9.17) is 4.74 Å². The molecule has 0 saturated heterocycles. The number of benzene rings is 1. The minimum absolute atomic E-state index is 0.133. The van der Waals surface area contributed by atoms with E-state index in [1.807, 2.05) is 31.2 Å². The molecule has 1 aliphatic heterocycles. The molecular formula is C26H35N5O4. The van der Waals surface area contributed by atoms with Gasteiger partial charge in [-0.2, -0.15) is 5.10 Å². The second kappa shape index (κ2) is 10.5. The van der Waals surface area contributed by atoms with E-state index >= 15 is 0 Å². The van der Waals surface area contributed by atoms with Crippen LogP contribution in [0.3, 0.4) is 0 Å². The lowest BCUT2D eigenvalue weighted by atomic mass is 9.95. The molecule has 1 aliphatic carbocycles. The third kappa shape index (κ3) is 5.33. The molecule has 2 aliphatic rings. The van der Waals surface area contributed by atoms with E-state index in [1.165, 1.54) is 28.5 Å². The van der Waals surface area contributed by atoms with Gasteiger partial charge in [-0.15, -0.1) is 0 Å². The van der Waals surface area contributed by atoms with E-state index in [1.54, 1.807) is 14.0 Å². The van der Waals surface area contributed by atoms with Gasteiger partial charge in [-0.1, -0.05) is 37.8 Å². The van der Waals surface area contributed by atoms with E-state index in [9.17, 15) is 14.4 Å². The Morgan fingerprint density at radius 1 is 1.14 bits per heavy atom. The Morgan fingerprint density at radius 2 is 1.83 bits per heavy atom. The van der Waals surface area contributed by atoms with Crippen molar-refractivity contribution >= 4 is 17.7 Å². The lowest BCUT2D eigenvalue weighted by molar-refractivity contribution is -0.133. The summed E-state index contributed by atoms with van der Waals surface area (Å²) in [5.41, 5.74) is 0.294. The van der Waals surface area contributed by atoms with Crippen LogP contribution in [0.4, 0.5) is 0 Å². The molecular weight excluding hydrogens is 446 g/mol. The first kappa shape index (κ1) is 24.8. The highest BCUT2D eigenvalue weighted by molar-refractivity contribution is 6.01. The van der Waals surface area contributed by atoms with Crippen molar-refractivity contribution in [2.75, 3.05) is 13.7 Å². The van der Waals surface area contributed by atoms with Crippen LogP contribution in [0.15, 0.2) is 30.3 Å². The average molecular weight is 482 g/mol. The predicted molar refractivity (Wildman–Crippen MR) is 131 cm³/mol. The summed E-state index contributed by atoms with van der Waals surface area (Å²) in [5, 5.41) is 10.4. The smallest absolute Gasteiger partial charge is 0.272 e. The fraction of sp³-hybridized carbons (Fsp3) is 0.538. The van der Waals surface area contributed by atoms with Crippen LogP contribution >= 0.6 is 0 Å². The highest BCUT2D eigenvalue weighted by Crippen LogP contribution is 2.27.